The van der Waals surface area contributed by atoms with Crippen LogP contribution in [0.5, 0.6) is 5.75 Å². The minimum absolute atomic E-state index is 0.0774. The molecule has 0 saturated carbocycles. The molecular formula is C19H18ClN3O2S2. The number of carbonyl (C=O) groups is 1. The third-order valence-corrected chi connectivity index (χ3v) is 6.27. The van der Waals surface area contributed by atoms with E-state index in [4.69, 9.17) is 16.3 Å². The second kappa shape index (κ2) is 9.21. The van der Waals surface area contributed by atoms with Crippen LogP contribution >= 0.6 is 34.7 Å². The summed E-state index contributed by atoms with van der Waals surface area (Å²) in [5.41, 5.74) is 3.18. The quantitative estimate of drug-likeness (QED) is 0.425. The molecule has 0 aliphatic heterocycles. The zero-order valence-electron chi connectivity index (χ0n) is 14.9. The van der Waals surface area contributed by atoms with Crippen molar-refractivity contribution in [2.45, 2.75) is 23.9 Å². The molecule has 27 heavy (non-hydrogen) atoms. The summed E-state index contributed by atoms with van der Waals surface area (Å²) in [4.78, 5) is 12.1. The lowest BCUT2D eigenvalue weighted by molar-refractivity contribution is -0.118. The lowest BCUT2D eigenvalue weighted by atomic mass is 10.1. The van der Waals surface area contributed by atoms with E-state index in [0.717, 1.165) is 26.1 Å². The van der Waals surface area contributed by atoms with Crippen LogP contribution < -0.4 is 10.1 Å². The van der Waals surface area contributed by atoms with Gasteiger partial charge in [0.2, 0.25) is 5.13 Å². The molecule has 0 spiro atoms. The van der Waals surface area contributed by atoms with Crippen molar-refractivity contribution in [3.05, 3.63) is 64.2 Å². The van der Waals surface area contributed by atoms with Gasteiger partial charge in [0, 0.05) is 10.8 Å². The summed E-state index contributed by atoms with van der Waals surface area (Å²) in [6.45, 7) is 3.90. The van der Waals surface area contributed by atoms with Gasteiger partial charge in [0.15, 0.2) is 10.9 Å². The Labute approximate surface area is 171 Å². The number of anilines is 1. The number of aromatic nitrogens is 2. The van der Waals surface area contributed by atoms with Gasteiger partial charge in [0.05, 0.1) is 0 Å². The molecule has 3 aromatic rings. The number of nitrogens with one attached hydrogen (secondary N) is 1. The number of halogens is 1. The van der Waals surface area contributed by atoms with Crippen LogP contribution in [0.2, 0.25) is 5.02 Å². The van der Waals surface area contributed by atoms with Gasteiger partial charge in [0.1, 0.15) is 5.75 Å². The van der Waals surface area contributed by atoms with Crippen molar-refractivity contribution in [3.63, 3.8) is 0 Å². The van der Waals surface area contributed by atoms with Gasteiger partial charge in [0.25, 0.3) is 5.91 Å². The maximum Gasteiger partial charge on any atom is 0.264 e. The van der Waals surface area contributed by atoms with Crippen LogP contribution in [0.4, 0.5) is 5.13 Å². The van der Waals surface area contributed by atoms with E-state index < -0.39 is 0 Å². The fourth-order valence-electron chi connectivity index (χ4n) is 2.25. The second-order valence-corrected chi connectivity index (χ2v) is 8.40. The summed E-state index contributed by atoms with van der Waals surface area (Å²) < 4.78 is 6.37. The molecule has 140 valence electrons. The Balaban J connectivity index is 1.50. The minimum Gasteiger partial charge on any atom is -0.483 e. The summed E-state index contributed by atoms with van der Waals surface area (Å²) in [7, 11) is 0. The standard InChI is InChI=1S/C19H18ClN3O2S2/c1-12-6-5-9-16(13(12)2)25-10-17(24)21-18-22-23-19(27-18)26-11-14-7-3-4-8-15(14)20/h3-9H,10-11H2,1-2H3,(H,21,22,24). The van der Waals surface area contributed by atoms with Crippen molar-refractivity contribution >= 4 is 45.7 Å². The molecule has 0 fully saturated rings. The zero-order valence-corrected chi connectivity index (χ0v) is 17.2. The number of aryl methyl sites for hydroxylation is 1. The molecule has 0 unspecified atom stereocenters. The van der Waals surface area contributed by atoms with Gasteiger partial charge in [-0.2, -0.15) is 0 Å². The number of thioether (sulfide) groups is 1. The first-order valence-electron chi connectivity index (χ1n) is 8.21. The zero-order chi connectivity index (χ0) is 19.2. The average molecular weight is 420 g/mol. The Hall–Kier alpha value is -2.09. The molecular weight excluding hydrogens is 402 g/mol. The number of hydrogen-bond donors (Lipinski definition) is 1. The Morgan fingerprint density at radius 1 is 1.19 bits per heavy atom. The van der Waals surface area contributed by atoms with E-state index in [2.05, 4.69) is 15.5 Å². The molecule has 1 amide bonds. The molecule has 1 aromatic heterocycles. The van der Waals surface area contributed by atoms with E-state index in [0.29, 0.717) is 16.6 Å². The largest absolute Gasteiger partial charge is 0.483 e. The number of hydrogen-bond acceptors (Lipinski definition) is 6. The van der Waals surface area contributed by atoms with Gasteiger partial charge < -0.3 is 4.74 Å². The Morgan fingerprint density at radius 2 is 2.00 bits per heavy atom. The monoisotopic (exact) mass is 419 g/mol. The Bertz CT molecular complexity index is 946. The summed E-state index contributed by atoms with van der Waals surface area (Å²) >= 11 is 9.00. The second-order valence-electron chi connectivity index (χ2n) is 5.79. The van der Waals surface area contributed by atoms with E-state index in [9.17, 15) is 4.79 Å². The highest BCUT2D eigenvalue weighted by Crippen LogP contribution is 2.30. The van der Waals surface area contributed by atoms with Crippen LogP contribution in [0.15, 0.2) is 46.8 Å². The highest BCUT2D eigenvalue weighted by Gasteiger charge is 2.11. The molecule has 0 saturated heterocycles. The van der Waals surface area contributed by atoms with Gasteiger partial charge in [-0.15, -0.1) is 10.2 Å². The number of ether oxygens (including phenoxy) is 1. The summed E-state index contributed by atoms with van der Waals surface area (Å²) in [6, 6.07) is 13.4. The molecule has 3 rings (SSSR count). The first kappa shape index (κ1) is 19.7. The lowest BCUT2D eigenvalue weighted by Gasteiger charge is -2.10. The molecule has 0 bridgehead atoms. The number of nitrogens with zero attached hydrogens (tertiary/aromatic N) is 2. The SMILES string of the molecule is Cc1cccc(OCC(=O)Nc2nnc(SCc3ccccc3Cl)s2)c1C. The third kappa shape index (κ3) is 5.45. The Kier molecular flexibility index (Phi) is 6.71. The normalized spacial score (nSPS) is 10.6. The molecule has 0 aliphatic rings. The lowest BCUT2D eigenvalue weighted by Crippen LogP contribution is -2.20. The number of carbonyl (C=O) groups excluding carboxylic acids is 1. The van der Waals surface area contributed by atoms with Gasteiger partial charge in [-0.1, -0.05) is 65.0 Å². The molecule has 5 nitrogen and oxygen atoms in total. The first-order valence-corrected chi connectivity index (χ1v) is 10.4. The average Bonchev–Trinajstić information content (AvgIpc) is 3.09. The summed E-state index contributed by atoms with van der Waals surface area (Å²) in [5, 5.41) is 12.0. The van der Waals surface area contributed by atoms with E-state index in [1.54, 1.807) is 0 Å². The Morgan fingerprint density at radius 3 is 2.81 bits per heavy atom. The van der Waals surface area contributed by atoms with Crippen LogP contribution in [-0.4, -0.2) is 22.7 Å². The number of rotatable bonds is 7. The fraction of sp³-hybridized carbons (Fsp3) is 0.211. The molecule has 1 N–H and O–H groups in total. The van der Waals surface area contributed by atoms with Crippen molar-refractivity contribution in [2.24, 2.45) is 0 Å². The molecule has 0 aliphatic carbocycles. The van der Waals surface area contributed by atoms with Crippen LogP contribution in [-0.2, 0) is 10.5 Å². The predicted molar refractivity (Wildman–Crippen MR) is 111 cm³/mol. The van der Waals surface area contributed by atoms with Gasteiger partial charge in [-0.3, -0.25) is 10.1 Å². The molecule has 8 heteroatoms. The van der Waals surface area contributed by atoms with Gasteiger partial charge in [-0.05, 0) is 42.7 Å². The smallest absolute Gasteiger partial charge is 0.264 e. The third-order valence-electron chi connectivity index (χ3n) is 3.88. The number of benzene rings is 2. The van der Waals surface area contributed by atoms with Crippen LogP contribution in [0.1, 0.15) is 16.7 Å². The van der Waals surface area contributed by atoms with Crippen LogP contribution in [0.3, 0.4) is 0 Å². The van der Waals surface area contributed by atoms with Crippen molar-refractivity contribution in [2.75, 3.05) is 11.9 Å². The summed E-state index contributed by atoms with van der Waals surface area (Å²) in [5.74, 6) is 1.13. The fourth-order valence-corrected chi connectivity index (χ4v) is 4.31. The highest BCUT2D eigenvalue weighted by atomic mass is 35.5. The maximum absolute atomic E-state index is 12.1. The first-order chi connectivity index (χ1) is 13.0. The topological polar surface area (TPSA) is 64.1 Å². The van der Waals surface area contributed by atoms with Crippen LogP contribution in [0, 0.1) is 13.8 Å². The molecule has 0 atom stereocenters. The van der Waals surface area contributed by atoms with Crippen molar-refractivity contribution in [1.82, 2.24) is 10.2 Å². The summed E-state index contributed by atoms with van der Waals surface area (Å²) in [6.07, 6.45) is 0. The van der Waals surface area contributed by atoms with Crippen molar-refractivity contribution < 1.29 is 9.53 Å². The van der Waals surface area contributed by atoms with Gasteiger partial charge in [-0.25, -0.2) is 0 Å². The van der Waals surface area contributed by atoms with Crippen LogP contribution in [0.25, 0.3) is 0 Å². The van der Waals surface area contributed by atoms with E-state index >= 15 is 0 Å². The van der Waals surface area contributed by atoms with E-state index in [1.165, 1.54) is 23.1 Å². The van der Waals surface area contributed by atoms with Gasteiger partial charge >= 0.3 is 0 Å². The number of amides is 1. The molecule has 2 aromatic carbocycles. The van der Waals surface area contributed by atoms with Crippen molar-refractivity contribution in [3.8, 4) is 5.75 Å². The van der Waals surface area contributed by atoms with Crippen molar-refractivity contribution in [1.29, 1.82) is 0 Å². The van der Waals surface area contributed by atoms with E-state index in [-0.39, 0.29) is 12.5 Å². The maximum atomic E-state index is 12.1. The van der Waals surface area contributed by atoms with E-state index in [1.807, 2.05) is 56.3 Å². The predicted octanol–water partition coefficient (Wildman–Crippen LogP) is 5.12. The molecule has 0 radical (unpaired) electrons. The molecule has 1 heterocycles. The highest BCUT2D eigenvalue weighted by molar-refractivity contribution is 8.00. The minimum atomic E-state index is -0.269.